The van der Waals surface area contributed by atoms with E-state index < -0.39 is 22.0 Å². The van der Waals surface area contributed by atoms with Crippen LogP contribution in [0.25, 0.3) is 0 Å². The molecule has 8 heteroatoms. The highest BCUT2D eigenvalue weighted by Crippen LogP contribution is 2.35. The van der Waals surface area contributed by atoms with Crippen molar-refractivity contribution >= 4 is 27.3 Å². The summed E-state index contributed by atoms with van der Waals surface area (Å²) in [7, 11) is -3.65. The molecule has 2 aliphatic rings. The van der Waals surface area contributed by atoms with E-state index in [9.17, 15) is 18.3 Å². The highest BCUT2D eigenvalue weighted by atomic mass is 32.2. The third-order valence-electron chi connectivity index (χ3n) is 3.93. The molecule has 1 fully saturated rings. The Morgan fingerprint density at radius 2 is 2.33 bits per heavy atom. The first-order chi connectivity index (χ1) is 9.99. The van der Waals surface area contributed by atoms with Gasteiger partial charge >= 0.3 is 5.97 Å². The number of rotatable bonds is 4. The minimum absolute atomic E-state index is 0.129. The minimum atomic E-state index is -3.65. The Balaban J connectivity index is 1.88. The van der Waals surface area contributed by atoms with Gasteiger partial charge in [-0.1, -0.05) is 0 Å². The summed E-state index contributed by atoms with van der Waals surface area (Å²) in [5.74, 6) is -1.25. The van der Waals surface area contributed by atoms with Gasteiger partial charge in [0.05, 0.1) is 11.9 Å². The smallest absolute Gasteiger partial charge is 0.326 e. The molecule has 2 unspecified atom stereocenters. The number of carbonyl (C=O) groups is 1. The van der Waals surface area contributed by atoms with Crippen LogP contribution in [0, 0.1) is 0 Å². The van der Waals surface area contributed by atoms with E-state index in [1.54, 1.807) is 6.07 Å². The van der Waals surface area contributed by atoms with Crippen molar-refractivity contribution in [2.45, 2.75) is 31.4 Å². The van der Waals surface area contributed by atoms with Crippen molar-refractivity contribution in [1.82, 2.24) is 4.31 Å². The maximum atomic E-state index is 12.6. The number of ether oxygens (including phenoxy) is 1. The van der Waals surface area contributed by atoms with Gasteiger partial charge in [-0.3, -0.25) is 4.79 Å². The normalized spacial score (nSPS) is 26.7. The predicted octanol–water partition coefficient (Wildman–Crippen LogP) is 1.24. The molecule has 0 bridgehead atoms. The third kappa shape index (κ3) is 2.85. The van der Waals surface area contributed by atoms with Gasteiger partial charge in [0.1, 0.15) is 6.04 Å². The molecule has 116 valence electrons. The molecule has 1 aromatic rings. The molecular formula is C13H17NO5S2. The third-order valence-corrected chi connectivity index (χ3v) is 6.83. The van der Waals surface area contributed by atoms with E-state index in [2.05, 4.69) is 0 Å². The lowest BCUT2D eigenvalue weighted by atomic mass is 10.0. The van der Waals surface area contributed by atoms with E-state index in [0.717, 1.165) is 15.6 Å². The number of aliphatic carboxylic acids is 1. The van der Waals surface area contributed by atoms with Gasteiger partial charge in [-0.15, -0.1) is 11.3 Å². The van der Waals surface area contributed by atoms with Crippen LogP contribution in [0.1, 0.15) is 29.3 Å². The van der Waals surface area contributed by atoms with Gasteiger partial charge in [0.2, 0.25) is 10.0 Å². The lowest BCUT2D eigenvalue weighted by Gasteiger charge is -2.32. The Morgan fingerprint density at radius 3 is 3.00 bits per heavy atom. The molecule has 1 N–H and O–H groups in total. The first kappa shape index (κ1) is 15.0. The van der Waals surface area contributed by atoms with E-state index in [0.29, 0.717) is 25.0 Å². The highest BCUT2D eigenvalue weighted by molar-refractivity contribution is 7.89. The van der Waals surface area contributed by atoms with Gasteiger partial charge in [0.15, 0.2) is 0 Å². The van der Waals surface area contributed by atoms with Gasteiger partial charge in [0, 0.05) is 18.0 Å². The van der Waals surface area contributed by atoms with Crippen LogP contribution < -0.4 is 0 Å². The Kier molecular flexibility index (Phi) is 4.04. The number of thiophene rings is 1. The summed E-state index contributed by atoms with van der Waals surface area (Å²) in [6.07, 6.45) is 1.83. The molecule has 0 aromatic carbocycles. The summed E-state index contributed by atoms with van der Waals surface area (Å²) in [5, 5.41) is 11.3. The molecule has 0 saturated carbocycles. The molecule has 0 aliphatic carbocycles. The first-order valence-corrected chi connectivity index (χ1v) is 9.38. The Labute approximate surface area is 127 Å². The predicted molar refractivity (Wildman–Crippen MR) is 77.9 cm³/mol. The monoisotopic (exact) mass is 331 g/mol. The van der Waals surface area contributed by atoms with Crippen molar-refractivity contribution in [2.24, 2.45) is 0 Å². The zero-order valence-corrected chi connectivity index (χ0v) is 13.0. The van der Waals surface area contributed by atoms with Crippen molar-refractivity contribution in [3.8, 4) is 0 Å². The molecule has 0 spiro atoms. The summed E-state index contributed by atoms with van der Waals surface area (Å²) in [5.41, 5.74) is 0.606. The molecule has 6 nitrogen and oxygen atoms in total. The minimum Gasteiger partial charge on any atom is -0.480 e. The molecule has 0 radical (unpaired) electrons. The van der Waals surface area contributed by atoms with Crippen LogP contribution in [0.5, 0.6) is 0 Å². The lowest BCUT2D eigenvalue weighted by molar-refractivity contribution is -0.142. The molecule has 2 aliphatic heterocycles. The summed E-state index contributed by atoms with van der Waals surface area (Å²) in [4.78, 5) is 12.5. The molecule has 0 amide bonds. The van der Waals surface area contributed by atoms with Gasteiger partial charge in [-0.2, -0.15) is 4.31 Å². The van der Waals surface area contributed by atoms with Crippen molar-refractivity contribution in [3.05, 3.63) is 21.9 Å². The largest absolute Gasteiger partial charge is 0.480 e. The van der Waals surface area contributed by atoms with Gasteiger partial charge < -0.3 is 9.84 Å². The van der Waals surface area contributed by atoms with Crippen LogP contribution in [-0.4, -0.2) is 48.8 Å². The van der Waals surface area contributed by atoms with Crippen LogP contribution in [0.15, 0.2) is 11.4 Å². The standard InChI is InChI=1S/C13H17NO5S2/c15-13(16)12-10-4-7-20-11(10)3-5-14(12)21(17,18)8-9-2-1-6-19-9/h4,7,9,12H,1-3,5-6,8H2,(H,15,16). The van der Waals surface area contributed by atoms with E-state index in [-0.39, 0.29) is 18.4 Å². The molecule has 3 rings (SSSR count). The number of carboxylic acid groups (broad SMARTS) is 1. The second kappa shape index (κ2) is 5.68. The van der Waals surface area contributed by atoms with Crippen molar-refractivity contribution in [3.63, 3.8) is 0 Å². The van der Waals surface area contributed by atoms with Gasteiger partial charge in [-0.05, 0) is 36.3 Å². The number of sulfonamides is 1. The molecule has 3 heterocycles. The van der Waals surface area contributed by atoms with Gasteiger partial charge in [-0.25, -0.2) is 8.42 Å². The molecular weight excluding hydrogens is 314 g/mol. The maximum absolute atomic E-state index is 12.6. The van der Waals surface area contributed by atoms with Crippen molar-refractivity contribution in [2.75, 3.05) is 18.9 Å². The fourth-order valence-corrected chi connectivity index (χ4v) is 5.68. The quantitative estimate of drug-likeness (QED) is 0.897. The molecule has 1 saturated heterocycles. The topological polar surface area (TPSA) is 83.9 Å². The summed E-state index contributed by atoms with van der Waals surface area (Å²) in [6, 6.07) is 0.610. The van der Waals surface area contributed by atoms with Crippen LogP contribution in [0.2, 0.25) is 0 Å². The Hall–Kier alpha value is -0.960. The zero-order valence-electron chi connectivity index (χ0n) is 11.4. The SMILES string of the molecule is O=C(O)C1c2ccsc2CCN1S(=O)(=O)CC1CCCO1. The average molecular weight is 331 g/mol. The number of fused-ring (bicyclic) bond motifs is 1. The Morgan fingerprint density at radius 1 is 1.52 bits per heavy atom. The van der Waals surface area contributed by atoms with Crippen molar-refractivity contribution < 1.29 is 23.1 Å². The van der Waals surface area contributed by atoms with Crippen LogP contribution in [-0.2, 0) is 26.0 Å². The fraction of sp³-hybridized carbons (Fsp3) is 0.615. The lowest BCUT2D eigenvalue weighted by Crippen LogP contribution is -2.45. The van der Waals surface area contributed by atoms with Gasteiger partial charge in [0.25, 0.3) is 0 Å². The fourth-order valence-electron chi connectivity index (χ4n) is 2.96. The first-order valence-electron chi connectivity index (χ1n) is 6.89. The number of nitrogens with zero attached hydrogens (tertiary/aromatic N) is 1. The van der Waals surface area contributed by atoms with Crippen LogP contribution in [0.3, 0.4) is 0 Å². The second-order valence-electron chi connectivity index (χ2n) is 5.31. The summed E-state index contributed by atoms with van der Waals surface area (Å²) >= 11 is 1.48. The van der Waals surface area contributed by atoms with E-state index in [4.69, 9.17) is 4.74 Å². The number of hydrogen-bond acceptors (Lipinski definition) is 5. The molecule has 2 atom stereocenters. The summed E-state index contributed by atoms with van der Waals surface area (Å²) in [6.45, 7) is 0.802. The van der Waals surface area contributed by atoms with Crippen LogP contribution in [0.4, 0.5) is 0 Å². The summed E-state index contributed by atoms with van der Waals surface area (Å²) < 4.78 is 31.7. The maximum Gasteiger partial charge on any atom is 0.326 e. The number of carboxylic acids is 1. The van der Waals surface area contributed by atoms with Crippen LogP contribution >= 0.6 is 11.3 Å². The molecule has 21 heavy (non-hydrogen) atoms. The van der Waals surface area contributed by atoms with E-state index >= 15 is 0 Å². The average Bonchev–Trinajstić information content (AvgIpc) is 3.06. The van der Waals surface area contributed by atoms with E-state index in [1.165, 1.54) is 11.3 Å². The Bertz CT molecular complexity index is 633. The second-order valence-corrected chi connectivity index (χ2v) is 8.28. The van der Waals surface area contributed by atoms with E-state index in [1.807, 2.05) is 5.38 Å². The highest BCUT2D eigenvalue weighted by Gasteiger charge is 2.41. The molecule has 1 aromatic heterocycles. The van der Waals surface area contributed by atoms with Crippen molar-refractivity contribution in [1.29, 1.82) is 0 Å². The number of hydrogen-bond donors (Lipinski definition) is 1. The zero-order chi connectivity index (χ0) is 15.0.